The molecular formula is C61H115NO8. The minimum atomic E-state index is -1.56. The molecule has 7 unspecified atom stereocenters. The maximum absolute atomic E-state index is 12.9. The predicted molar refractivity (Wildman–Crippen MR) is 295 cm³/mol. The molecule has 9 heteroatoms. The van der Waals surface area contributed by atoms with Crippen LogP contribution in [-0.4, -0.2) is 87.5 Å². The molecule has 7 atom stereocenters. The zero-order chi connectivity index (χ0) is 50.8. The number of allylic oxidation sites excluding steroid dienone is 5. The summed E-state index contributed by atoms with van der Waals surface area (Å²) in [5.74, 6) is -0.178. The van der Waals surface area contributed by atoms with Crippen LogP contribution in [0.15, 0.2) is 36.5 Å². The van der Waals surface area contributed by atoms with Crippen molar-refractivity contribution in [1.29, 1.82) is 0 Å². The summed E-state index contributed by atoms with van der Waals surface area (Å²) >= 11 is 0. The molecule has 0 aromatic rings. The van der Waals surface area contributed by atoms with Crippen molar-refractivity contribution >= 4 is 5.91 Å². The second-order valence-electron chi connectivity index (χ2n) is 21.1. The first kappa shape index (κ1) is 66.4. The molecule has 412 valence electrons. The summed E-state index contributed by atoms with van der Waals surface area (Å²) in [7, 11) is 0. The van der Waals surface area contributed by atoms with Crippen molar-refractivity contribution in [2.45, 2.75) is 333 Å². The molecule has 0 aromatic heterocycles. The maximum atomic E-state index is 12.9. The lowest BCUT2D eigenvalue weighted by Gasteiger charge is -2.40. The summed E-state index contributed by atoms with van der Waals surface area (Å²) in [6.45, 7) is 3.69. The topological polar surface area (TPSA) is 149 Å². The van der Waals surface area contributed by atoms with Gasteiger partial charge in [-0.1, -0.05) is 269 Å². The molecule has 1 aliphatic rings. The monoisotopic (exact) mass is 990 g/mol. The second-order valence-corrected chi connectivity index (χ2v) is 21.1. The summed E-state index contributed by atoms with van der Waals surface area (Å²) in [5, 5.41) is 54.0. The van der Waals surface area contributed by atoms with E-state index in [1.54, 1.807) is 6.08 Å². The van der Waals surface area contributed by atoms with Gasteiger partial charge in [0.25, 0.3) is 0 Å². The quantitative estimate of drug-likeness (QED) is 0.0261. The van der Waals surface area contributed by atoms with Crippen LogP contribution in [0.2, 0.25) is 0 Å². The molecule has 0 radical (unpaired) electrons. The van der Waals surface area contributed by atoms with E-state index in [0.717, 1.165) is 51.4 Å². The minimum absolute atomic E-state index is 0.178. The Morgan fingerprint density at radius 2 is 0.843 bits per heavy atom. The van der Waals surface area contributed by atoms with Crippen LogP contribution in [-0.2, 0) is 14.3 Å². The Labute approximate surface area is 431 Å². The lowest BCUT2D eigenvalue weighted by molar-refractivity contribution is -0.302. The number of nitrogens with one attached hydrogen (secondary N) is 1. The van der Waals surface area contributed by atoms with Crippen LogP contribution in [0.5, 0.6) is 0 Å². The van der Waals surface area contributed by atoms with Crippen molar-refractivity contribution in [2.75, 3.05) is 13.2 Å². The number of hydrogen-bond donors (Lipinski definition) is 6. The smallest absolute Gasteiger partial charge is 0.220 e. The molecule has 9 nitrogen and oxygen atoms in total. The summed E-state index contributed by atoms with van der Waals surface area (Å²) in [4.78, 5) is 12.9. The summed E-state index contributed by atoms with van der Waals surface area (Å²) in [6.07, 6.45) is 60.2. The molecule has 1 fully saturated rings. The number of carbonyl (C=O) groups excluding carboxylic acids is 1. The fraction of sp³-hybridized carbons (Fsp3) is 0.885. The minimum Gasteiger partial charge on any atom is -0.394 e. The third kappa shape index (κ3) is 39.9. The van der Waals surface area contributed by atoms with E-state index in [0.29, 0.717) is 6.42 Å². The standard InChI is InChI=1S/C61H115NO8/c1-3-5-7-9-11-12-13-14-15-16-17-18-19-20-21-22-23-24-25-26-27-28-29-30-31-32-33-34-35-36-37-38-39-40-41-42-43-44-45-47-49-51-57(65)62-54(55(64)50-48-46-10-8-6-4-2)53-69-61-60(68)59(67)58(66)56(52-63)70-61/h13-14,16-17,48,50,54-56,58-61,63-64,66-68H,3-12,15,18-47,49,51-53H2,1-2H3,(H,62,65)/b14-13-,17-16-,50-48+. The Morgan fingerprint density at radius 3 is 1.24 bits per heavy atom. The lowest BCUT2D eigenvalue weighted by atomic mass is 9.99. The molecule has 0 saturated carbocycles. The molecule has 1 aliphatic heterocycles. The molecule has 0 spiro atoms. The number of hydrogen-bond acceptors (Lipinski definition) is 8. The Morgan fingerprint density at radius 1 is 0.486 bits per heavy atom. The van der Waals surface area contributed by atoms with Crippen LogP contribution < -0.4 is 5.32 Å². The first-order chi connectivity index (χ1) is 34.3. The molecule has 0 bridgehead atoms. The maximum Gasteiger partial charge on any atom is 0.220 e. The van der Waals surface area contributed by atoms with Gasteiger partial charge in [-0.3, -0.25) is 4.79 Å². The number of unbranched alkanes of at least 4 members (excludes halogenated alkanes) is 38. The van der Waals surface area contributed by atoms with Crippen LogP contribution in [0.3, 0.4) is 0 Å². The molecule has 1 amide bonds. The Hall–Kier alpha value is -1.59. The van der Waals surface area contributed by atoms with Gasteiger partial charge in [0.15, 0.2) is 6.29 Å². The molecule has 1 heterocycles. The molecule has 1 saturated heterocycles. The molecule has 6 N–H and O–H groups in total. The van der Waals surface area contributed by atoms with E-state index in [9.17, 15) is 30.3 Å². The van der Waals surface area contributed by atoms with Gasteiger partial charge >= 0.3 is 0 Å². The van der Waals surface area contributed by atoms with Crippen LogP contribution in [0.4, 0.5) is 0 Å². The number of rotatable bonds is 52. The van der Waals surface area contributed by atoms with Gasteiger partial charge in [-0.05, 0) is 51.4 Å². The molecular weight excluding hydrogens is 875 g/mol. The normalized spacial score (nSPS) is 19.6. The zero-order valence-electron chi connectivity index (χ0n) is 45.8. The van der Waals surface area contributed by atoms with E-state index in [1.807, 2.05) is 6.08 Å². The van der Waals surface area contributed by atoms with Crippen LogP contribution in [0.1, 0.15) is 290 Å². The van der Waals surface area contributed by atoms with Gasteiger partial charge in [0.05, 0.1) is 25.4 Å². The fourth-order valence-corrected chi connectivity index (χ4v) is 9.66. The van der Waals surface area contributed by atoms with Crippen LogP contribution >= 0.6 is 0 Å². The third-order valence-corrected chi connectivity index (χ3v) is 14.5. The van der Waals surface area contributed by atoms with E-state index in [2.05, 4.69) is 43.5 Å². The largest absolute Gasteiger partial charge is 0.394 e. The summed E-state index contributed by atoms with van der Waals surface area (Å²) in [6, 6.07) is -0.798. The number of amides is 1. The first-order valence-corrected chi connectivity index (χ1v) is 30.2. The highest BCUT2D eigenvalue weighted by atomic mass is 16.7. The second kappa shape index (κ2) is 50.9. The van der Waals surface area contributed by atoms with Crippen LogP contribution in [0, 0.1) is 0 Å². The molecule has 0 aromatic carbocycles. The van der Waals surface area contributed by atoms with Gasteiger partial charge in [0, 0.05) is 6.42 Å². The molecule has 0 aliphatic carbocycles. The number of aliphatic hydroxyl groups is 5. The van der Waals surface area contributed by atoms with Crippen molar-refractivity contribution in [3.8, 4) is 0 Å². The van der Waals surface area contributed by atoms with Crippen molar-refractivity contribution in [1.82, 2.24) is 5.32 Å². The van der Waals surface area contributed by atoms with E-state index in [4.69, 9.17) is 9.47 Å². The number of aliphatic hydroxyl groups excluding tert-OH is 5. The highest BCUT2D eigenvalue weighted by molar-refractivity contribution is 5.76. The van der Waals surface area contributed by atoms with Gasteiger partial charge in [0.1, 0.15) is 24.4 Å². The summed E-state index contributed by atoms with van der Waals surface area (Å²) < 4.78 is 11.2. The molecule has 1 rings (SSSR count). The number of carbonyl (C=O) groups is 1. The molecule has 70 heavy (non-hydrogen) atoms. The first-order valence-electron chi connectivity index (χ1n) is 30.2. The van der Waals surface area contributed by atoms with Gasteiger partial charge < -0.3 is 40.3 Å². The van der Waals surface area contributed by atoms with Gasteiger partial charge in [-0.25, -0.2) is 0 Å². The van der Waals surface area contributed by atoms with Gasteiger partial charge in [0.2, 0.25) is 5.91 Å². The predicted octanol–water partition coefficient (Wildman–Crippen LogP) is 15.1. The Bertz CT molecular complexity index is 1190. The van der Waals surface area contributed by atoms with E-state index in [-0.39, 0.29) is 12.5 Å². The van der Waals surface area contributed by atoms with Gasteiger partial charge in [-0.15, -0.1) is 0 Å². The Balaban J connectivity index is 1.92. The SMILES string of the molecule is CCCCCC/C=C/C(O)C(COC1OC(CO)C(O)C(O)C1O)NC(=O)CCCCCCCCCCCCCCCCCCCCCCCCCCCCCCC/C=C\C/C=C\CCCCCCC. The van der Waals surface area contributed by atoms with Crippen molar-refractivity contribution in [3.05, 3.63) is 36.5 Å². The van der Waals surface area contributed by atoms with E-state index in [1.165, 1.54) is 218 Å². The average molecular weight is 991 g/mol. The van der Waals surface area contributed by atoms with E-state index >= 15 is 0 Å². The van der Waals surface area contributed by atoms with Crippen molar-refractivity contribution in [3.63, 3.8) is 0 Å². The third-order valence-electron chi connectivity index (χ3n) is 14.5. The highest BCUT2D eigenvalue weighted by Gasteiger charge is 2.44. The van der Waals surface area contributed by atoms with E-state index < -0.39 is 49.5 Å². The lowest BCUT2D eigenvalue weighted by Crippen LogP contribution is -2.60. The van der Waals surface area contributed by atoms with Gasteiger partial charge in [-0.2, -0.15) is 0 Å². The number of ether oxygens (including phenoxy) is 2. The zero-order valence-corrected chi connectivity index (χ0v) is 45.8. The summed E-state index contributed by atoms with van der Waals surface area (Å²) in [5.41, 5.74) is 0. The van der Waals surface area contributed by atoms with Crippen molar-refractivity contribution < 1.29 is 39.8 Å². The average Bonchev–Trinajstić information content (AvgIpc) is 3.36. The van der Waals surface area contributed by atoms with Crippen molar-refractivity contribution in [2.24, 2.45) is 0 Å². The Kier molecular flexibility index (Phi) is 48.3. The fourth-order valence-electron chi connectivity index (χ4n) is 9.66. The van der Waals surface area contributed by atoms with Crippen LogP contribution in [0.25, 0.3) is 0 Å². The highest BCUT2D eigenvalue weighted by Crippen LogP contribution is 2.23.